The molecule has 0 fully saturated rings. The van der Waals surface area contributed by atoms with Crippen LogP contribution in [-0.2, 0) is 4.79 Å². The third-order valence-corrected chi connectivity index (χ3v) is 2.65. The third kappa shape index (κ3) is 2.60. The number of anilines is 1. The first-order valence-electron chi connectivity index (χ1n) is 5.61. The molecule has 1 unspecified atom stereocenters. The monoisotopic (exact) mass is 249 g/mol. The van der Waals surface area contributed by atoms with Crippen molar-refractivity contribution in [1.82, 2.24) is 10.3 Å². The number of carbonyl (C=O) groups is 1. The maximum Gasteiger partial charge on any atom is 0.322 e. The van der Waals surface area contributed by atoms with Gasteiger partial charge in [0.25, 0.3) is 0 Å². The number of aryl methyl sites for hydroxylation is 1. The van der Waals surface area contributed by atoms with Crippen molar-refractivity contribution in [2.24, 2.45) is 0 Å². The average Bonchev–Trinajstić information content (AvgIpc) is 2.68. The Hall–Kier alpha value is -2.08. The van der Waals surface area contributed by atoms with Gasteiger partial charge in [0.1, 0.15) is 11.6 Å². The Morgan fingerprint density at radius 2 is 2.33 bits per heavy atom. The normalized spacial score (nSPS) is 12.6. The van der Waals surface area contributed by atoms with Crippen molar-refractivity contribution in [3.63, 3.8) is 0 Å². The van der Waals surface area contributed by atoms with E-state index in [0.717, 1.165) is 16.8 Å². The lowest BCUT2D eigenvalue weighted by atomic mass is 10.2. The summed E-state index contributed by atoms with van der Waals surface area (Å²) in [5.74, 6) is -0.274. The molecule has 0 bridgehead atoms. The summed E-state index contributed by atoms with van der Waals surface area (Å²) in [6, 6.07) is 4.86. The fourth-order valence-corrected chi connectivity index (χ4v) is 1.69. The second-order valence-electron chi connectivity index (χ2n) is 3.98. The number of likely N-dealkylation sites (N-methyl/N-ethyl adjacent to an activating group) is 1. The number of nitrogens with zero attached hydrogens (tertiary/aromatic N) is 1. The Balaban J connectivity index is 2.09. The van der Waals surface area contributed by atoms with Crippen molar-refractivity contribution >= 4 is 22.8 Å². The van der Waals surface area contributed by atoms with Crippen LogP contribution in [0.3, 0.4) is 0 Å². The van der Waals surface area contributed by atoms with Gasteiger partial charge in [0.15, 0.2) is 11.5 Å². The van der Waals surface area contributed by atoms with Gasteiger partial charge in [-0.2, -0.15) is 0 Å². The van der Waals surface area contributed by atoms with E-state index in [2.05, 4.69) is 15.6 Å². The molecule has 1 atom stereocenters. The fraction of sp³-hybridized carbons (Fsp3) is 0.333. The highest BCUT2D eigenvalue weighted by molar-refractivity contribution is 5.78. The summed E-state index contributed by atoms with van der Waals surface area (Å²) in [4.78, 5) is 15.1. The quantitative estimate of drug-likeness (QED) is 0.738. The number of fused-ring (bicyclic) bond motifs is 1. The molecule has 0 aliphatic carbocycles. The summed E-state index contributed by atoms with van der Waals surface area (Å²) in [7, 11) is 1.62. The largest absolute Gasteiger partial charge is 0.480 e. The molecule has 0 amide bonds. The molecule has 96 valence electrons. The topological polar surface area (TPSA) is 87.4 Å². The molecule has 1 heterocycles. The van der Waals surface area contributed by atoms with Crippen LogP contribution >= 0.6 is 0 Å². The Morgan fingerprint density at radius 3 is 3.00 bits per heavy atom. The molecule has 1 aromatic heterocycles. The smallest absolute Gasteiger partial charge is 0.322 e. The first-order valence-corrected chi connectivity index (χ1v) is 5.61. The van der Waals surface area contributed by atoms with E-state index in [4.69, 9.17) is 9.52 Å². The Bertz CT molecular complexity index is 565. The molecule has 0 saturated carbocycles. The number of rotatable bonds is 5. The molecule has 6 heteroatoms. The minimum atomic E-state index is -0.886. The summed E-state index contributed by atoms with van der Waals surface area (Å²) < 4.78 is 5.36. The van der Waals surface area contributed by atoms with Gasteiger partial charge in [0.2, 0.25) is 0 Å². The van der Waals surface area contributed by atoms with Crippen LogP contribution in [0.5, 0.6) is 0 Å². The molecular formula is C12H15N3O3. The van der Waals surface area contributed by atoms with E-state index >= 15 is 0 Å². The molecule has 3 N–H and O–H groups in total. The lowest BCUT2D eigenvalue weighted by molar-refractivity contribution is -0.138. The highest BCUT2D eigenvalue weighted by Gasteiger charge is 2.14. The zero-order valence-electron chi connectivity index (χ0n) is 10.2. The third-order valence-electron chi connectivity index (χ3n) is 2.65. The maximum absolute atomic E-state index is 10.8. The van der Waals surface area contributed by atoms with Crippen LogP contribution in [0.2, 0.25) is 0 Å². The number of hydrogen-bond donors (Lipinski definition) is 3. The predicted octanol–water partition coefficient (Wildman–Crippen LogP) is 1.22. The van der Waals surface area contributed by atoms with Gasteiger partial charge in [-0.25, -0.2) is 4.98 Å². The predicted molar refractivity (Wildman–Crippen MR) is 67.7 cm³/mol. The number of aromatic nitrogens is 1. The van der Waals surface area contributed by atoms with Gasteiger partial charge in [-0.3, -0.25) is 4.79 Å². The number of benzene rings is 1. The molecular weight excluding hydrogens is 234 g/mol. The molecule has 0 spiro atoms. The second kappa shape index (κ2) is 5.05. The molecule has 0 saturated heterocycles. The molecule has 6 nitrogen and oxygen atoms in total. The van der Waals surface area contributed by atoms with E-state index in [9.17, 15) is 4.79 Å². The van der Waals surface area contributed by atoms with Crippen LogP contribution in [0.1, 0.15) is 5.89 Å². The van der Waals surface area contributed by atoms with Crippen LogP contribution in [0.4, 0.5) is 5.69 Å². The molecule has 0 aliphatic heterocycles. The number of nitrogens with one attached hydrogen (secondary N) is 2. The Labute approximate surface area is 104 Å². The van der Waals surface area contributed by atoms with Crippen molar-refractivity contribution in [1.29, 1.82) is 0 Å². The van der Waals surface area contributed by atoms with E-state index in [1.54, 1.807) is 14.0 Å². The summed E-state index contributed by atoms with van der Waals surface area (Å²) >= 11 is 0. The second-order valence-corrected chi connectivity index (χ2v) is 3.98. The van der Waals surface area contributed by atoms with Gasteiger partial charge in [-0.1, -0.05) is 0 Å². The maximum atomic E-state index is 10.8. The van der Waals surface area contributed by atoms with Crippen LogP contribution in [-0.4, -0.2) is 35.7 Å². The number of oxazole rings is 1. The zero-order valence-corrected chi connectivity index (χ0v) is 10.2. The highest BCUT2D eigenvalue weighted by Crippen LogP contribution is 2.19. The number of carboxylic acid groups (broad SMARTS) is 1. The number of aliphatic carboxylic acids is 1. The molecule has 18 heavy (non-hydrogen) atoms. The van der Waals surface area contributed by atoms with Crippen molar-refractivity contribution in [2.45, 2.75) is 13.0 Å². The van der Waals surface area contributed by atoms with Crippen LogP contribution in [0.15, 0.2) is 22.6 Å². The Kier molecular flexibility index (Phi) is 3.47. The summed E-state index contributed by atoms with van der Waals surface area (Å²) in [6.45, 7) is 2.09. The Morgan fingerprint density at radius 1 is 1.56 bits per heavy atom. The van der Waals surface area contributed by atoms with Gasteiger partial charge in [0, 0.05) is 19.2 Å². The summed E-state index contributed by atoms with van der Waals surface area (Å²) in [5.41, 5.74) is 2.30. The van der Waals surface area contributed by atoms with Gasteiger partial charge >= 0.3 is 5.97 Å². The molecule has 2 rings (SSSR count). The van der Waals surface area contributed by atoms with Crippen LogP contribution < -0.4 is 10.6 Å². The minimum absolute atomic E-state index is 0.300. The summed E-state index contributed by atoms with van der Waals surface area (Å²) in [5, 5.41) is 14.7. The van der Waals surface area contributed by atoms with E-state index in [1.807, 2.05) is 18.2 Å². The average molecular weight is 249 g/mol. The van der Waals surface area contributed by atoms with Gasteiger partial charge in [-0.05, 0) is 25.2 Å². The van der Waals surface area contributed by atoms with Crippen molar-refractivity contribution in [3.8, 4) is 0 Å². The van der Waals surface area contributed by atoms with E-state index in [1.165, 1.54) is 0 Å². The first kappa shape index (κ1) is 12.4. The standard InChI is InChI=1S/C12H15N3O3/c1-7-15-9-5-8(3-4-11(9)18-7)14-6-10(13-2)12(16)17/h3-5,10,13-14H,6H2,1-2H3,(H,16,17). The van der Waals surface area contributed by atoms with E-state index in [-0.39, 0.29) is 0 Å². The van der Waals surface area contributed by atoms with Crippen molar-refractivity contribution in [3.05, 3.63) is 24.1 Å². The summed E-state index contributed by atoms with van der Waals surface area (Å²) in [6.07, 6.45) is 0. The van der Waals surface area contributed by atoms with Crippen LogP contribution in [0, 0.1) is 6.92 Å². The molecule has 0 radical (unpaired) electrons. The number of carboxylic acids is 1. The van der Waals surface area contributed by atoms with Gasteiger partial charge in [-0.15, -0.1) is 0 Å². The van der Waals surface area contributed by atoms with E-state index < -0.39 is 12.0 Å². The first-order chi connectivity index (χ1) is 8.60. The lowest BCUT2D eigenvalue weighted by Crippen LogP contribution is -2.39. The molecule has 0 aliphatic rings. The van der Waals surface area contributed by atoms with Crippen LogP contribution in [0.25, 0.3) is 11.1 Å². The van der Waals surface area contributed by atoms with Crippen molar-refractivity contribution in [2.75, 3.05) is 18.9 Å². The lowest BCUT2D eigenvalue weighted by Gasteiger charge is -2.12. The van der Waals surface area contributed by atoms with E-state index in [0.29, 0.717) is 12.4 Å². The number of hydrogen-bond acceptors (Lipinski definition) is 5. The SMILES string of the molecule is CNC(CNc1ccc2oc(C)nc2c1)C(=O)O. The minimum Gasteiger partial charge on any atom is -0.480 e. The van der Waals surface area contributed by atoms with Crippen molar-refractivity contribution < 1.29 is 14.3 Å². The molecule has 2 aromatic rings. The zero-order chi connectivity index (χ0) is 13.1. The highest BCUT2D eigenvalue weighted by atomic mass is 16.4. The van der Waals surface area contributed by atoms with Gasteiger partial charge in [0.05, 0.1) is 0 Å². The van der Waals surface area contributed by atoms with Gasteiger partial charge < -0.3 is 20.2 Å². The fourth-order valence-electron chi connectivity index (χ4n) is 1.69. The molecule has 1 aromatic carbocycles.